The van der Waals surface area contributed by atoms with E-state index < -0.39 is 11.5 Å². The van der Waals surface area contributed by atoms with Crippen molar-refractivity contribution in [1.82, 2.24) is 24.5 Å². The van der Waals surface area contributed by atoms with E-state index in [9.17, 15) is 9.59 Å². The molecule has 10 nitrogen and oxygen atoms in total. The minimum absolute atomic E-state index is 0.0193. The average molecular weight is 506 g/mol. The molecule has 1 saturated heterocycles. The van der Waals surface area contributed by atoms with E-state index in [0.29, 0.717) is 30.9 Å². The van der Waals surface area contributed by atoms with Crippen molar-refractivity contribution in [2.24, 2.45) is 11.1 Å². The molecule has 196 valence electrons. The normalized spacial score (nSPS) is 21.3. The third-order valence-electron chi connectivity index (χ3n) is 7.47. The quantitative estimate of drug-likeness (QED) is 0.542. The summed E-state index contributed by atoms with van der Waals surface area (Å²) in [6.45, 7) is 9.61. The molecule has 0 atom stereocenters. The standard InChI is InChI=1S/C27H35N7O3/c1-17-7-5-6-8-18(17)14-33-15-19(13-30-33)22-21(24(29)35)23(28)34(31-22)20-11-27(12-20)9-10-32(16-27)25(36)37-26(2,3)4/h5-8,13,15,20H,9-12,14,16,28H2,1-4H3,(H2,29,35)/t20-,27-. The van der Waals surface area contributed by atoms with Crippen LogP contribution < -0.4 is 11.5 Å². The van der Waals surface area contributed by atoms with E-state index in [4.69, 9.17) is 21.3 Å². The molecule has 37 heavy (non-hydrogen) atoms. The maximum Gasteiger partial charge on any atom is 0.410 e. The van der Waals surface area contributed by atoms with E-state index in [0.717, 1.165) is 24.8 Å². The van der Waals surface area contributed by atoms with Crippen LogP contribution in [-0.2, 0) is 11.3 Å². The molecular formula is C27H35N7O3. The number of hydrogen-bond donors (Lipinski definition) is 2. The topological polar surface area (TPSA) is 134 Å². The van der Waals surface area contributed by atoms with Crippen LogP contribution in [0.5, 0.6) is 0 Å². The molecule has 3 heterocycles. The van der Waals surface area contributed by atoms with Crippen molar-refractivity contribution in [3.8, 4) is 11.3 Å². The molecule has 2 aromatic heterocycles. The van der Waals surface area contributed by atoms with Gasteiger partial charge in [0.25, 0.3) is 5.91 Å². The molecule has 1 aliphatic heterocycles. The van der Waals surface area contributed by atoms with Gasteiger partial charge in [0, 0.05) is 24.8 Å². The summed E-state index contributed by atoms with van der Waals surface area (Å²) in [6, 6.07) is 8.18. The Morgan fingerprint density at radius 3 is 2.62 bits per heavy atom. The number of anilines is 1. The highest BCUT2D eigenvalue weighted by Gasteiger charge is 2.51. The summed E-state index contributed by atoms with van der Waals surface area (Å²) in [5.74, 6) is -0.340. The van der Waals surface area contributed by atoms with E-state index in [1.165, 1.54) is 5.56 Å². The first-order chi connectivity index (χ1) is 17.4. The molecule has 10 heteroatoms. The molecule has 1 saturated carbocycles. The van der Waals surface area contributed by atoms with Gasteiger partial charge in [-0.05, 0) is 63.5 Å². The lowest BCUT2D eigenvalue weighted by Gasteiger charge is -2.45. The van der Waals surface area contributed by atoms with E-state index in [1.807, 2.05) is 43.8 Å². The van der Waals surface area contributed by atoms with Crippen molar-refractivity contribution < 1.29 is 14.3 Å². The maximum atomic E-state index is 12.5. The van der Waals surface area contributed by atoms with Gasteiger partial charge in [-0.15, -0.1) is 0 Å². The molecule has 2 fully saturated rings. The fourth-order valence-corrected chi connectivity index (χ4v) is 5.57. The van der Waals surface area contributed by atoms with E-state index in [-0.39, 0.29) is 28.9 Å². The molecule has 1 aliphatic carbocycles. The molecule has 2 amide bonds. The molecular weight excluding hydrogens is 470 g/mol. The van der Waals surface area contributed by atoms with Crippen LogP contribution in [0, 0.1) is 12.3 Å². The average Bonchev–Trinajstić information content (AvgIpc) is 3.50. The number of nitrogens with two attached hydrogens (primary N) is 2. The predicted molar refractivity (Wildman–Crippen MR) is 140 cm³/mol. The number of primary amides is 1. The zero-order chi connectivity index (χ0) is 26.5. The Morgan fingerprint density at radius 1 is 1.22 bits per heavy atom. The van der Waals surface area contributed by atoms with Gasteiger partial charge in [-0.3, -0.25) is 9.48 Å². The summed E-state index contributed by atoms with van der Waals surface area (Å²) in [5, 5.41) is 9.23. The number of nitrogen functional groups attached to an aromatic ring is 1. The van der Waals surface area contributed by atoms with Crippen molar-refractivity contribution in [2.45, 2.75) is 65.1 Å². The summed E-state index contributed by atoms with van der Waals surface area (Å²) in [7, 11) is 0. The SMILES string of the molecule is Cc1ccccc1Cn1cc(-c2nn([C@H]3C[C@@]4(CCN(C(=O)OC(C)(C)C)C4)C3)c(N)c2C(N)=O)cn1. The number of aromatic nitrogens is 4. The lowest BCUT2D eigenvalue weighted by Crippen LogP contribution is -2.43. The molecule has 3 aromatic rings. The zero-order valence-corrected chi connectivity index (χ0v) is 21.9. The van der Waals surface area contributed by atoms with Gasteiger partial charge < -0.3 is 21.1 Å². The van der Waals surface area contributed by atoms with Gasteiger partial charge >= 0.3 is 6.09 Å². The number of rotatable bonds is 5. The number of ether oxygens (including phenoxy) is 1. The molecule has 2 aliphatic rings. The number of benzene rings is 1. The van der Waals surface area contributed by atoms with Gasteiger partial charge in [0.05, 0.1) is 18.8 Å². The van der Waals surface area contributed by atoms with Crippen molar-refractivity contribution in [1.29, 1.82) is 0 Å². The van der Waals surface area contributed by atoms with Crippen molar-refractivity contribution >= 4 is 17.8 Å². The molecule has 0 unspecified atom stereocenters. The second-order valence-corrected chi connectivity index (χ2v) is 11.5. The van der Waals surface area contributed by atoms with Gasteiger partial charge in [-0.25, -0.2) is 9.48 Å². The minimum atomic E-state index is -0.614. The molecule has 5 rings (SSSR count). The first kappa shape index (κ1) is 24.9. The Morgan fingerprint density at radius 2 is 1.95 bits per heavy atom. The van der Waals surface area contributed by atoms with Crippen LogP contribution >= 0.6 is 0 Å². The van der Waals surface area contributed by atoms with Crippen molar-refractivity contribution in [3.63, 3.8) is 0 Å². The molecule has 1 aromatic carbocycles. The van der Waals surface area contributed by atoms with Crippen LogP contribution in [-0.4, -0.2) is 55.2 Å². The highest BCUT2D eigenvalue weighted by Crippen LogP contribution is 2.55. The number of aryl methyl sites for hydroxylation is 1. The van der Waals surface area contributed by atoms with Gasteiger partial charge in [0.1, 0.15) is 22.7 Å². The van der Waals surface area contributed by atoms with E-state index in [2.05, 4.69) is 24.2 Å². The first-order valence-electron chi connectivity index (χ1n) is 12.7. The summed E-state index contributed by atoms with van der Waals surface area (Å²) in [4.78, 5) is 26.7. The molecule has 4 N–H and O–H groups in total. The maximum absolute atomic E-state index is 12.5. The Bertz CT molecular complexity index is 1340. The van der Waals surface area contributed by atoms with Crippen LogP contribution in [0.15, 0.2) is 36.7 Å². The first-order valence-corrected chi connectivity index (χ1v) is 12.7. The van der Waals surface area contributed by atoms with Crippen LogP contribution in [0.1, 0.15) is 67.6 Å². The molecule has 0 radical (unpaired) electrons. The van der Waals surface area contributed by atoms with Crippen molar-refractivity contribution in [2.75, 3.05) is 18.8 Å². The van der Waals surface area contributed by atoms with Crippen LogP contribution in [0.2, 0.25) is 0 Å². The molecule has 0 bridgehead atoms. The third kappa shape index (κ3) is 4.80. The fourth-order valence-electron chi connectivity index (χ4n) is 5.57. The summed E-state index contributed by atoms with van der Waals surface area (Å²) < 4.78 is 9.10. The minimum Gasteiger partial charge on any atom is -0.444 e. The molecule has 1 spiro atoms. The second kappa shape index (κ2) is 8.93. The highest BCUT2D eigenvalue weighted by molar-refractivity contribution is 6.03. The van der Waals surface area contributed by atoms with Crippen LogP contribution in [0.3, 0.4) is 0 Å². The largest absolute Gasteiger partial charge is 0.444 e. The summed E-state index contributed by atoms with van der Waals surface area (Å²) in [6.07, 6.45) is 5.83. The van der Waals surface area contributed by atoms with Gasteiger partial charge in [-0.1, -0.05) is 24.3 Å². The number of likely N-dealkylation sites (tertiary alicyclic amines) is 1. The second-order valence-electron chi connectivity index (χ2n) is 11.5. The Hall–Kier alpha value is -3.82. The van der Waals surface area contributed by atoms with E-state index >= 15 is 0 Å². The smallest absolute Gasteiger partial charge is 0.410 e. The Kier molecular flexibility index (Phi) is 6.00. The number of carbonyl (C=O) groups excluding carboxylic acids is 2. The summed E-state index contributed by atoms with van der Waals surface area (Å²) >= 11 is 0. The zero-order valence-electron chi connectivity index (χ0n) is 21.9. The number of nitrogens with zero attached hydrogens (tertiary/aromatic N) is 5. The van der Waals surface area contributed by atoms with Gasteiger partial charge in [-0.2, -0.15) is 10.2 Å². The van der Waals surface area contributed by atoms with Gasteiger partial charge in [0.2, 0.25) is 0 Å². The highest BCUT2D eigenvalue weighted by atomic mass is 16.6. The third-order valence-corrected chi connectivity index (χ3v) is 7.47. The number of carbonyl (C=O) groups is 2. The lowest BCUT2D eigenvalue weighted by atomic mass is 9.65. The Labute approximate surface area is 216 Å². The van der Waals surface area contributed by atoms with Crippen LogP contribution in [0.4, 0.5) is 10.6 Å². The number of hydrogen-bond acceptors (Lipinski definition) is 6. The fraction of sp³-hybridized carbons (Fsp3) is 0.481. The monoisotopic (exact) mass is 505 g/mol. The number of amides is 2. The lowest BCUT2D eigenvalue weighted by molar-refractivity contribution is 0.0187. The Balaban J connectivity index is 1.32. The predicted octanol–water partition coefficient (Wildman–Crippen LogP) is 3.75. The van der Waals surface area contributed by atoms with Crippen LogP contribution in [0.25, 0.3) is 11.3 Å². The summed E-state index contributed by atoms with van der Waals surface area (Å²) in [5.41, 5.74) is 15.4. The van der Waals surface area contributed by atoms with E-state index in [1.54, 1.807) is 15.8 Å². The van der Waals surface area contributed by atoms with Gasteiger partial charge in [0.15, 0.2) is 0 Å². The van der Waals surface area contributed by atoms with Crippen molar-refractivity contribution in [3.05, 3.63) is 53.3 Å².